The van der Waals surface area contributed by atoms with E-state index in [0.29, 0.717) is 15.7 Å². The lowest BCUT2D eigenvalue weighted by Crippen LogP contribution is -2.39. The molecule has 1 aromatic carbocycles. The van der Waals surface area contributed by atoms with Crippen LogP contribution in [0.3, 0.4) is 0 Å². The van der Waals surface area contributed by atoms with Crippen molar-refractivity contribution < 1.29 is 9.59 Å². The number of nitrogens with two attached hydrogens (primary N) is 1. The van der Waals surface area contributed by atoms with Crippen LogP contribution in [0, 0.1) is 5.92 Å². The topological polar surface area (TPSA) is 75.4 Å². The van der Waals surface area contributed by atoms with Crippen LogP contribution in [0.15, 0.2) is 18.2 Å². The Morgan fingerprint density at radius 1 is 1.35 bits per heavy atom. The van der Waals surface area contributed by atoms with Crippen LogP contribution in [0.1, 0.15) is 6.92 Å². The fourth-order valence-corrected chi connectivity index (χ4v) is 1.84. The second-order valence-electron chi connectivity index (χ2n) is 4.51. The lowest BCUT2D eigenvalue weighted by Gasteiger charge is -2.20. The molecule has 0 aliphatic carbocycles. The Bertz CT molecular complexity index is 508. The summed E-state index contributed by atoms with van der Waals surface area (Å²) in [6, 6.07) is 4.77. The van der Waals surface area contributed by atoms with Crippen molar-refractivity contribution in [1.82, 2.24) is 4.90 Å². The van der Waals surface area contributed by atoms with E-state index in [1.165, 1.54) is 4.90 Å². The van der Waals surface area contributed by atoms with Crippen LogP contribution in [0.2, 0.25) is 10.0 Å². The molecule has 0 saturated carbocycles. The average Bonchev–Trinajstić information content (AvgIpc) is 2.40. The van der Waals surface area contributed by atoms with Crippen LogP contribution in [-0.2, 0) is 9.59 Å². The van der Waals surface area contributed by atoms with E-state index in [1.54, 1.807) is 32.2 Å². The van der Waals surface area contributed by atoms with Crippen LogP contribution in [0.4, 0.5) is 5.69 Å². The molecule has 1 aromatic rings. The van der Waals surface area contributed by atoms with Gasteiger partial charge in [-0.3, -0.25) is 9.59 Å². The zero-order valence-electron chi connectivity index (χ0n) is 11.3. The van der Waals surface area contributed by atoms with Gasteiger partial charge in [0.1, 0.15) is 0 Å². The summed E-state index contributed by atoms with van der Waals surface area (Å²) in [5.74, 6) is -0.793. The quantitative estimate of drug-likeness (QED) is 0.872. The molecule has 0 saturated heterocycles. The number of benzene rings is 1. The van der Waals surface area contributed by atoms with Crippen molar-refractivity contribution in [3.05, 3.63) is 28.2 Å². The Hall–Kier alpha value is -1.30. The maximum absolute atomic E-state index is 11.8. The third kappa shape index (κ3) is 4.67. The summed E-state index contributed by atoms with van der Waals surface area (Å²) in [5, 5.41) is 3.41. The van der Waals surface area contributed by atoms with Crippen LogP contribution in [0.25, 0.3) is 0 Å². The van der Waals surface area contributed by atoms with Gasteiger partial charge in [-0.05, 0) is 18.2 Å². The first-order chi connectivity index (χ1) is 9.35. The van der Waals surface area contributed by atoms with Crippen LogP contribution in [0.5, 0.6) is 0 Å². The highest BCUT2D eigenvalue weighted by molar-refractivity contribution is 6.42. The predicted molar refractivity (Wildman–Crippen MR) is 80.9 cm³/mol. The van der Waals surface area contributed by atoms with Gasteiger partial charge in [0.15, 0.2) is 0 Å². The first kappa shape index (κ1) is 16.8. The second kappa shape index (κ2) is 7.47. The number of carbonyl (C=O) groups excluding carboxylic acids is 2. The highest BCUT2D eigenvalue weighted by Crippen LogP contribution is 2.24. The molecular formula is C13H17Cl2N3O2. The first-order valence-electron chi connectivity index (χ1n) is 6.05. The van der Waals surface area contributed by atoms with Gasteiger partial charge in [-0.25, -0.2) is 0 Å². The van der Waals surface area contributed by atoms with Gasteiger partial charge >= 0.3 is 0 Å². The molecule has 3 N–H and O–H groups in total. The summed E-state index contributed by atoms with van der Waals surface area (Å²) in [6.45, 7) is 1.91. The van der Waals surface area contributed by atoms with E-state index in [1.807, 2.05) is 0 Å². The lowest BCUT2D eigenvalue weighted by molar-refractivity contribution is -0.136. The van der Waals surface area contributed by atoms with Gasteiger partial charge in [0.25, 0.3) is 0 Å². The highest BCUT2D eigenvalue weighted by Gasteiger charge is 2.18. The Kier molecular flexibility index (Phi) is 6.26. The Morgan fingerprint density at radius 3 is 2.55 bits per heavy atom. The Morgan fingerprint density at radius 2 is 2.00 bits per heavy atom. The molecule has 110 valence electrons. The third-order valence-electron chi connectivity index (χ3n) is 2.74. The maximum Gasteiger partial charge on any atom is 0.243 e. The zero-order valence-corrected chi connectivity index (χ0v) is 12.8. The minimum atomic E-state index is -0.316. The summed E-state index contributed by atoms with van der Waals surface area (Å²) in [7, 11) is 1.56. The van der Waals surface area contributed by atoms with E-state index in [9.17, 15) is 9.59 Å². The minimum absolute atomic E-state index is 0.0522. The lowest BCUT2D eigenvalue weighted by atomic mass is 10.1. The summed E-state index contributed by atoms with van der Waals surface area (Å²) in [4.78, 5) is 24.9. The molecule has 1 unspecified atom stereocenters. The van der Waals surface area contributed by atoms with E-state index in [2.05, 4.69) is 5.32 Å². The Balaban J connectivity index is 2.59. The molecule has 0 fully saturated rings. The van der Waals surface area contributed by atoms with E-state index >= 15 is 0 Å². The van der Waals surface area contributed by atoms with Crippen molar-refractivity contribution in [2.45, 2.75) is 6.92 Å². The van der Waals surface area contributed by atoms with Crippen molar-refractivity contribution in [3.63, 3.8) is 0 Å². The smallest absolute Gasteiger partial charge is 0.243 e. The molecule has 0 radical (unpaired) electrons. The number of anilines is 1. The van der Waals surface area contributed by atoms with Gasteiger partial charge in [0, 0.05) is 25.2 Å². The minimum Gasteiger partial charge on any atom is -0.336 e. The molecule has 1 rings (SSSR count). The molecule has 0 heterocycles. The van der Waals surface area contributed by atoms with E-state index in [-0.39, 0.29) is 30.8 Å². The van der Waals surface area contributed by atoms with Crippen LogP contribution >= 0.6 is 23.2 Å². The molecule has 5 nitrogen and oxygen atoms in total. The number of amides is 2. The van der Waals surface area contributed by atoms with Crippen LogP contribution in [-0.4, -0.2) is 36.9 Å². The van der Waals surface area contributed by atoms with Gasteiger partial charge in [-0.15, -0.1) is 0 Å². The molecule has 0 aromatic heterocycles. The normalized spacial score (nSPS) is 11.8. The zero-order chi connectivity index (χ0) is 15.3. The molecule has 0 spiro atoms. The van der Waals surface area contributed by atoms with Gasteiger partial charge in [0.05, 0.1) is 16.6 Å². The number of rotatable bonds is 5. The Labute approximate surface area is 128 Å². The molecule has 20 heavy (non-hydrogen) atoms. The molecule has 0 bridgehead atoms. The molecule has 1 atom stereocenters. The van der Waals surface area contributed by atoms with Crippen molar-refractivity contribution in [2.75, 3.05) is 25.5 Å². The maximum atomic E-state index is 11.8. The first-order valence-corrected chi connectivity index (χ1v) is 6.80. The summed E-state index contributed by atoms with van der Waals surface area (Å²) >= 11 is 11.6. The highest BCUT2D eigenvalue weighted by atomic mass is 35.5. The molecule has 2 amide bonds. The van der Waals surface area contributed by atoms with Gasteiger partial charge in [0.2, 0.25) is 11.8 Å². The molecule has 0 aliphatic rings. The SMILES string of the molecule is CC(CN)C(=O)N(C)CC(=O)Nc1ccc(Cl)c(Cl)c1. The number of carbonyl (C=O) groups is 2. The third-order valence-corrected chi connectivity index (χ3v) is 3.47. The largest absolute Gasteiger partial charge is 0.336 e. The number of nitrogens with one attached hydrogen (secondary N) is 1. The van der Waals surface area contributed by atoms with E-state index in [0.717, 1.165) is 0 Å². The molecule has 7 heteroatoms. The van der Waals surface area contributed by atoms with Crippen LogP contribution < -0.4 is 11.1 Å². The predicted octanol–water partition coefficient (Wildman–Crippen LogP) is 1.99. The number of hydrogen-bond acceptors (Lipinski definition) is 3. The van der Waals surface area contributed by atoms with E-state index < -0.39 is 0 Å². The fourth-order valence-electron chi connectivity index (χ4n) is 1.54. The van der Waals surface area contributed by atoms with Crippen molar-refractivity contribution in [3.8, 4) is 0 Å². The van der Waals surface area contributed by atoms with Gasteiger partial charge in [-0.2, -0.15) is 0 Å². The van der Waals surface area contributed by atoms with Gasteiger partial charge in [-0.1, -0.05) is 30.1 Å². The number of halogens is 2. The van der Waals surface area contributed by atoms with Gasteiger partial charge < -0.3 is 16.0 Å². The molecule has 0 aliphatic heterocycles. The fraction of sp³-hybridized carbons (Fsp3) is 0.385. The second-order valence-corrected chi connectivity index (χ2v) is 5.32. The monoisotopic (exact) mass is 317 g/mol. The van der Waals surface area contributed by atoms with Crippen molar-refractivity contribution in [2.24, 2.45) is 11.7 Å². The summed E-state index contributed by atoms with van der Waals surface area (Å²) < 4.78 is 0. The standard InChI is InChI=1S/C13H17Cl2N3O2/c1-8(6-16)13(20)18(2)7-12(19)17-9-3-4-10(14)11(15)5-9/h3-5,8H,6-7,16H2,1-2H3,(H,17,19). The number of hydrogen-bond donors (Lipinski definition) is 2. The summed E-state index contributed by atoms with van der Waals surface area (Å²) in [6.07, 6.45) is 0. The number of likely N-dealkylation sites (N-methyl/N-ethyl adjacent to an activating group) is 1. The van der Waals surface area contributed by atoms with E-state index in [4.69, 9.17) is 28.9 Å². The average molecular weight is 318 g/mol. The molecular weight excluding hydrogens is 301 g/mol. The summed E-state index contributed by atoms with van der Waals surface area (Å²) in [5.41, 5.74) is 5.95. The number of nitrogens with zero attached hydrogens (tertiary/aromatic N) is 1. The van der Waals surface area contributed by atoms with Crippen molar-refractivity contribution >= 4 is 40.7 Å². The van der Waals surface area contributed by atoms with Crippen molar-refractivity contribution in [1.29, 1.82) is 0 Å².